The van der Waals surface area contributed by atoms with Crippen molar-refractivity contribution in [1.29, 1.82) is 0 Å². The average Bonchev–Trinajstić information content (AvgIpc) is 2.62. The lowest BCUT2D eigenvalue weighted by molar-refractivity contribution is 0.269. The van der Waals surface area contributed by atoms with Gasteiger partial charge in [0.25, 0.3) is 0 Å². The number of nitrogens with one attached hydrogen (secondary N) is 2. The standard InChI is InChI=1S/C19H26ClN3O2/c1-3-24-18-11-15(12-22-10-4-9-21-2)5-7-17(18)25-14-16-6-8-19(20)23-13-16/h5-8,11,13,21-22H,3-4,9-10,12,14H2,1-2H3. The number of hydrogen-bond acceptors (Lipinski definition) is 5. The fourth-order valence-electron chi connectivity index (χ4n) is 2.33. The molecule has 5 nitrogen and oxygen atoms in total. The van der Waals surface area contributed by atoms with E-state index in [-0.39, 0.29) is 0 Å². The van der Waals surface area contributed by atoms with E-state index >= 15 is 0 Å². The third kappa shape index (κ3) is 6.90. The first kappa shape index (κ1) is 19.5. The van der Waals surface area contributed by atoms with Gasteiger partial charge in [0.15, 0.2) is 11.5 Å². The van der Waals surface area contributed by atoms with Crippen molar-refractivity contribution in [2.45, 2.75) is 26.5 Å². The maximum Gasteiger partial charge on any atom is 0.161 e. The van der Waals surface area contributed by atoms with E-state index in [0.29, 0.717) is 18.4 Å². The molecule has 136 valence electrons. The summed E-state index contributed by atoms with van der Waals surface area (Å²) in [5, 5.41) is 7.05. The number of pyridine rings is 1. The molecule has 1 aromatic carbocycles. The number of ether oxygens (including phenoxy) is 2. The van der Waals surface area contributed by atoms with Gasteiger partial charge in [-0.1, -0.05) is 23.7 Å². The van der Waals surface area contributed by atoms with Crippen LogP contribution in [0.5, 0.6) is 11.5 Å². The van der Waals surface area contributed by atoms with Crippen LogP contribution in [0.4, 0.5) is 0 Å². The van der Waals surface area contributed by atoms with Crippen LogP contribution in [0.2, 0.25) is 5.15 Å². The minimum Gasteiger partial charge on any atom is -0.490 e. The molecular formula is C19H26ClN3O2. The largest absolute Gasteiger partial charge is 0.490 e. The minimum atomic E-state index is 0.422. The molecule has 1 aromatic heterocycles. The summed E-state index contributed by atoms with van der Waals surface area (Å²) in [6.45, 7) is 5.79. The van der Waals surface area contributed by atoms with Gasteiger partial charge in [-0.25, -0.2) is 4.98 Å². The van der Waals surface area contributed by atoms with Gasteiger partial charge < -0.3 is 20.1 Å². The van der Waals surface area contributed by atoms with Crippen molar-refractivity contribution in [1.82, 2.24) is 15.6 Å². The van der Waals surface area contributed by atoms with Gasteiger partial charge in [-0.2, -0.15) is 0 Å². The van der Waals surface area contributed by atoms with Gasteiger partial charge in [-0.15, -0.1) is 0 Å². The molecule has 0 bridgehead atoms. The Labute approximate surface area is 154 Å². The van der Waals surface area contributed by atoms with Crippen molar-refractivity contribution in [2.24, 2.45) is 0 Å². The monoisotopic (exact) mass is 363 g/mol. The number of rotatable bonds is 11. The fraction of sp³-hybridized carbons (Fsp3) is 0.421. The molecule has 0 radical (unpaired) electrons. The highest BCUT2D eigenvalue weighted by Crippen LogP contribution is 2.29. The first-order valence-corrected chi connectivity index (χ1v) is 8.95. The third-order valence-corrected chi connectivity index (χ3v) is 3.82. The van der Waals surface area contributed by atoms with E-state index in [2.05, 4.69) is 21.7 Å². The molecule has 0 atom stereocenters. The molecule has 0 amide bonds. The smallest absolute Gasteiger partial charge is 0.161 e. The van der Waals surface area contributed by atoms with Crippen LogP contribution in [0.3, 0.4) is 0 Å². The van der Waals surface area contributed by atoms with Crippen molar-refractivity contribution < 1.29 is 9.47 Å². The van der Waals surface area contributed by atoms with E-state index in [4.69, 9.17) is 21.1 Å². The molecule has 0 saturated carbocycles. The maximum absolute atomic E-state index is 5.89. The number of aromatic nitrogens is 1. The zero-order chi connectivity index (χ0) is 17.9. The molecule has 0 spiro atoms. The maximum atomic E-state index is 5.89. The average molecular weight is 364 g/mol. The van der Waals surface area contributed by atoms with Crippen LogP contribution < -0.4 is 20.1 Å². The summed E-state index contributed by atoms with van der Waals surface area (Å²) in [6.07, 6.45) is 2.82. The first-order valence-electron chi connectivity index (χ1n) is 8.57. The molecule has 0 unspecified atom stereocenters. The molecule has 25 heavy (non-hydrogen) atoms. The first-order chi connectivity index (χ1) is 12.2. The molecule has 0 aliphatic rings. The van der Waals surface area contributed by atoms with Gasteiger partial charge in [-0.05, 0) is 57.2 Å². The van der Waals surface area contributed by atoms with Gasteiger partial charge in [0.2, 0.25) is 0 Å². The van der Waals surface area contributed by atoms with E-state index < -0.39 is 0 Å². The Balaban J connectivity index is 1.93. The van der Waals surface area contributed by atoms with Crippen molar-refractivity contribution in [2.75, 3.05) is 26.7 Å². The van der Waals surface area contributed by atoms with Gasteiger partial charge >= 0.3 is 0 Å². The van der Waals surface area contributed by atoms with Crippen LogP contribution in [0.15, 0.2) is 36.5 Å². The van der Waals surface area contributed by atoms with Crippen LogP contribution in [0.25, 0.3) is 0 Å². The van der Waals surface area contributed by atoms with Crippen molar-refractivity contribution in [3.63, 3.8) is 0 Å². The molecule has 0 aliphatic carbocycles. The molecule has 6 heteroatoms. The second-order valence-corrected chi connectivity index (χ2v) is 6.01. The molecule has 0 aliphatic heterocycles. The Bertz CT molecular complexity index is 635. The minimum absolute atomic E-state index is 0.422. The lowest BCUT2D eigenvalue weighted by atomic mass is 10.2. The van der Waals surface area contributed by atoms with Crippen LogP contribution in [0.1, 0.15) is 24.5 Å². The molecule has 0 fully saturated rings. The summed E-state index contributed by atoms with van der Waals surface area (Å²) in [6, 6.07) is 9.71. The van der Waals surface area contributed by atoms with Crippen LogP contribution in [-0.2, 0) is 13.2 Å². The van der Waals surface area contributed by atoms with E-state index in [0.717, 1.165) is 43.1 Å². The quantitative estimate of drug-likeness (QED) is 0.473. The topological polar surface area (TPSA) is 55.4 Å². The number of halogens is 1. The molecule has 0 saturated heterocycles. The molecule has 1 heterocycles. The van der Waals surface area contributed by atoms with Crippen molar-refractivity contribution >= 4 is 11.6 Å². The number of nitrogens with zero attached hydrogens (tertiary/aromatic N) is 1. The van der Waals surface area contributed by atoms with Crippen LogP contribution >= 0.6 is 11.6 Å². The molecule has 2 aromatic rings. The number of hydrogen-bond donors (Lipinski definition) is 2. The highest BCUT2D eigenvalue weighted by Gasteiger charge is 2.07. The molecular weight excluding hydrogens is 338 g/mol. The lowest BCUT2D eigenvalue weighted by Gasteiger charge is -2.14. The summed E-state index contributed by atoms with van der Waals surface area (Å²) in [5.74, 6) is 1.50. The predicted molar refractivity (Wildman–Crippen MR) is 101 cm³/mol. The van der Waals surface area contributed by atoms with E-state index in [1.54, 1.807) is 12.3 Å². The number of benzene rings is 1. The third-order valence-electron chi connectivity index (χ3n) is 3.60. The summed E-state index contributed by atoms with van der Waals surface area (Å²) in [7, 11) is 1.97. The zero-order valence-electron chi connectivity index (χ0n) is 14.8. The van der Waals surface area contributed by atoms with Crippen molar-refractivity contribution in [3.8, 4) is 11.5 Å². The van der Waals surface area contributed by atoms with Gasteiger partial charge in [0.1, 0.15) is 11.8 Å². The molecule has 2 N–H and O–H groups in total. The fourth-order valence-corrected chi connectivity index (χ4v) is 2.44. The summed E-state index contributed by atoms with van der Waals surface area (Å²) in [4.78, 5) is 4.06. The summed E-state index contributed by atoms with van der Waals surface area (Å²) in [5.41, 5.74) is 2.13. The second-order valence-electron chi connectivity index (χ2n) is 5.63. The van der Waals surface area contributed by atoms with Gasteiger partial charge in [0, 0.05) is 18.3 Å². The highest BCUT2D eigenvalue weighted by molar-refractivity contribution is 6.29. The summed E-state index contributed by atoms with van der Waals surface area (Å²) >= 11 is 5.80. The Kier molecular flexibility index (Phi) is 8.52. The van der Waals surface area contributed by atoms with Gasteiger partial charge in [-0.3, -0.25) is 0 Å². The predicted octanol–water partition coefficient (Wildman–Crippen LogP) is 3.41. The lowest BCUT2D eigenvalue weighted by Crippen LogP contribution is -2.19. The summed E-state index contributed by atoms with van der Waals surface area (Å²) < 4.78 is 11.6. The van der Waals surface area contributed by atoms with Crippen molar-refractivity contribution in [3.05, 3.63) is 52.8 Å². The normalized spacial score (nSPS) is 10.7. The molecule has 2 rings (SSSR count). The Morgan fingerprint density at radius 2 is 1.88 bits per heavy atom. The van der Waals surface area contributed by atoms with E-state index in [9.17, 15) is 0 Å². The Morgan fingerprint density at radius 3 is 2.60 bits per heavy atom. The van der Waals surface area contributed by atoms with E-state index in [1.165, 1.54) is 5.56 Å². The van der Waals surface area contributed by atoms with Gasteiger partial charge in [0.05, 0.1) is 6.61 Å². The highest BCUT2D eigenvalue weighted by atomic mass is 35.5. The SMILES string of the molecule is CCOc1cc(CNCCCNC)ccc1OCc1ccc(Cl)nc1. The zero-order valence-corrected chi connectivity index (χ0v) is 15.6. The van der Waals surface area contributed by atoms with Crippen LogP contribution in [-0.4, -0.2) is 31.7 Å². The van der Waals surface area contributed by atoms with Crippen LogP contribution in [0, 0.1) is 0 Å². The Morgan fingerprint density at radius 1 is 1.04 bits per heavy atom. The second kappa shape index (κ2) is 10.9. The Hall–Kier alpha value is -1.82. The van der Waals surface area contributed by atoms with E-state index in [1.807, 2.05) is 32.2 Å².